The number of hydrogen-bond acceptors (Lipinski definition) is 5. The normalized spacial score (nSPS) is 16.8. The van der Waals surface area contributed by atoms with E-state index in [2.05, 4.69) is 9.88 Å². The Morgan fingerprint density at radius 2 is 1.85 bits per heavy atom. The highest BCUT2D eigenvalue weighted by atomic mass is 35.5. The number of fused-ring (bicyclic) bond motifs is 1. The van der Waals surface area contributed by atoms with Gasteiger partial charge in [0.25, 0.3) is 0 Å². The zero-order valence-corrected chi connectivity index (χ0v) is 15.5. The highest BCUT2D eigenvalue weighted by Gasteiger charge is 2.33. The molecule has 0 radical (unpaired) electrons. The van der Waals surface area contributed by atoms with Gasteiger partial charge >= 0.3 is 0 Å². The molecule has 1 amide bonds. The van der Waals surface area contributed by atoms with Crippen LogP contribution < -0.4 is 14.5 Å². The average Bonchev–Trinajstić information content (AvgIpc) is 2.99. The quantitative estimate of drug-likeness (QED) is 0.771. The molecule has 2 aliphatic heterocycles. The first kappa shape index (κ1) is 17.1. The average molecular weight is 373 g/mol. The Morgan fingerprint density at radius 3 is 2.54 bits per heavy atom. The summed E-state index contributed by atoms with van der Waals surface area (Å²) in [5, 5.41) is 0.390. The van der Waals surface area contributed by atoms with Gasteiger partial charge in [-0.05, 0) is 37.0 Å². The smallest absolute Gasteiger partial charge is 0.233 e. The van der Waals surface area contributed by atoms with E-state index in [0.717, 1.165) is 42.8 Å². The van der Waals surface area contributed by atoms with Gasteiger partial charge in [-0.25, -0.2) is 4.98 Å². The molecule has 1 aromatic carbocycles. The third-order valence-corrected chi connectivity index (χ3v) is 5.26. The van der Waals surface area contributed by atoms with Crippen molar-refractivity contribution in [3.63, 3.8) is 0 Å². The van der Waals surface area contributed by atoms with Gasteiger partial charge in [0, 0.05) is 18.7 Å². The zero-order chi connectivity index (χ0) is 18.1. The van der Waals surface area contributed by atoms with Crippen LogP contribution in [0.3, 0.4) is 0 Å². The minimum Gasteiger partial charge on any atom is -0.497 e. The second-order valence-corrected chi connectivity index (χ2v) is 7.03. The number of aromatic nitrogens is 2. The Bertz CT molecular complexity index is 819. The highest BCUT2D eigenvalue weighted by Crippen LogP contribution is 2.35. The Balaban J connectivity index is 1.63. The van der Waals surface area contributed by atoms with Gasteiger partial charge in [-0.2, -0.15) is 4.98 Å². The lowest BCUT2D eigenvalue weighted by atomic mass is 10.1. The molecule has 1 fully saturated rings. The Hall–Kier alpha value is -2.34. The monoisotopic (exact) mass is 372 g/mol. The van der Waals surface area contributed by atoms with E-state index in [9.17, 15) is 4.79 Å². The van der Waals surface area contributed by atoms with Crippen LogP contribution >= 0.6 is 11.6 Å². The molecule has 0 spiro atoms. The van der Waals surface area contributed by atoms with Crippen molar-refractivity contribution in [2.75, 3.05) is 30.0 Å². The van der Waals surface area contributed by atoms with Gasteiger partial charge < -0.3 is 9.64 Å². The maximum Gasteiger partial charge on any atom is 0.233 e. The molecule has 2 aliphatic rings. The Labute approximate surface area is 157 Å². The summed E-state index contributed by atoms with van der Waals surface area (Å²) in [7, 11) is 1.64. The number of anilines is 2. The van der Waals surface area contributed by atoms with E-state index >= 15 is 0 Å². The summed E-state index contributed by atoms with van der Waals surface area (Å²) in [4.78, 5) is 25.6. The van der Waals surface area contributed by atoms with Gasteiger partial charge in [0.15, 0.2) is 0 Å². The summed E-state index contributed by atoms with van der Waals surface area (Å²) in [5.74, 6) is 2.07. The minimum absolute atomic E-state index is 0.00260. The molecule has 0 N–H and O–H groups in total. The van der Waals surface area contributed by atoms with E-state index in [0.29, 0.717) is 23.5 Å². The van der Waals surface area contributed by atoms with E-state index in [1.807, 2.05) is 24.3 Å². The molecule has 0 unspecified atom stereocenters. The zero-order valence-electron chi connectivity index (χ0n) is 14.7. The molecule has 1 aromatic heterocycles. The van der Waals surface area contributed by atoms with E-state index in [1.165, 1.54) is 6.42 Å². The topological polar surface area (TPSA) is 58.6 Å². The summed E-state index contributed by atoms with van der Waals surface area (Å²) >= 11 is 6.39. The van der Waals surface area contributed by atoms with Crippen LogP contribution in [0.2, 0.25) is 5.15 Å². The van der Waals surface area contributed by atoms with Gasteiger partial charge in [-0.3, -0.25) is 9.69 Å². The van der Waals surface area contributed by atoms with Crippen molar-refractivity contribution < 1.29 is 9.53 Å². The summed E-state index contributed by atoms with van der Waals surface area (Å²) in [6.45, 7) is 2.33. The van der Waals surface area contributed by atoms with Crippen LogP contribution in [-0.4, -0.2) is 36.1 Å². The van der Waals surface area contributed by atoms with Crippen LogP contribution in [0.25, 0.3) is 0 Å². The Kier molecular flexibility index (Phi) is 4.68. The molecule has 0 saturated carbocycles. The molecule has 7 heteroatoms. The summed E-state index contributed by atoms with van der Waals surface area (Å²) < 4.78 is 5.19. The number of piperidine rings is 1. The Morgan fingerprint density at radius 1 is 1.12 bits per heavy atom. The minimum atomic E-state index is 0.00260. The standard InChI is InChI=1S/C19H21ClN4O2/c1-26-14-7-5-13(6-8-14)12-24-16(25)11-15-17(20)21-19(22-18(15)24)23-9-3-2-4-10-23/h5-8H,2-4,9-12H2,1H3. The van der Waals surface area contributed by atoms with Crippen molar-refractivity contribution >= 4 is 29.3 Å². The second kappa shape index (κ2) is 7.11. The molecule has 0 atom stereocenters. The predicted molar refractivity (Wildman–Crippen MR) is 101 cm³/mol. The van der Waals surface area contributed by atoms with Gasteiger partial charge in [-0.1, -0.05) is 23.7 Å². The first-order valence-electron chi connectivity index (χ1n) is 8.90. The number of rotatable bonds is 4. The number of amides is 1. The van der Waals surface area contributed by atoms with Crippen molar-refractivity contribution in [2.24, 2.45) is 0 Å². The second-order valence-electron chi connectivity index (χ2n) is 6.67. The maximum atomic E-state index is 12.6. The van der Waals surface area contributed by atoms with Crippen LogP contribution in [0, 0.1) is 0 Å². The van der Waals surface area contributed by atoms with Crippen molar-refractivity contribution in [1.29, 1.82) is 0 Å². The summed E-state index contributed by atoms with van der Waals surface area (Å²) in [5.41, 5.74) is 1.74. The number of nitrogens with zero attached hydrogens (tertiary/aromatic N) is 4. The van der Waals surface area contributed by atoms with Gasteiger partial charge in [0.05, 0.1) is 20.1 Å². The number of hydrogen-bond donors (Lipinski definition) is 0. The SMILES string of the molecule is COc1ccc(CN2C(=O)Cc3c(Cl)nc(N4CCCCC4)nc32)cc1. The summed E-state index contributed by atoms with van der Waals surface area (Å²) in [6, 6.07) is 7.70. The van der Waals surface area contributed by atoms with Crippen LogP contribution in [0.5, 0.6) is 5.75 Å². The van der Waals surface area contributed by atoms with E-state index < -0.39 is 0 Å². The number of methoxy groups -OCH3 is 1. The van der Waals surface area contributed by atoms with Crippen LogP contribution in [-0.2, 0) is 17.8 Å². The number of carbonyl (C=O) groups is 1. The fourth-order valence-corrected chi connectivity index (χ4v) is 3.71. The van der Waals surface area contributed by atoms with Crippen LogP contribution in [0.4, 0.5) is 11.8 Å². The van der Waals surface area contributed by atoms with Gasteiger partial charge in [0.2, 0.25) is 11.9 Å². The third kappa shape index (κ3) is 3.21. The predicted octanol–water partition coefficient (Wildman–Crippen LogP) is 3.22. The molecule has 1 saturated heterocycles. The molecular weight excluding hydrogens is 352 g/mol. The van der Waals surface area contributed by atoms with Crippen LogP contribution in [0.15, 0.2) is 24.3 Å². The number of halogens is 1. The fourth-order valence-electron chi connectivity index (χ4n) is 3.49. The summed E-state index contributed by atoms with van der Waals surface area (Å²) in [6.07, 6.45) is 3.75. The molecule has 136 valence electrons. The number of benzene rings is 1. The van der Waals surface area contributed by atoms with Crippen LogP contribution in [0.1, 0.15) is 30.4 Å². The first-order valence-corrected chi connectivity index (χ1v) is 9.28. The first-order chi connectivity index (χ1) is 12.7. The lowest BCUT2D eigenvalue weighted by Gasteiger charge is -2.27. The molecule has 3 heterocycles. The van der Waals surface area contributed by atoms with Gasteiger partial charge in [0.1, 0.15) is 16.7 Å². The molecule has 4 rings (SSSR count). The molecule has 0 bridgehead atoms. The maximum absolute atomic E-state index is 12.6. The third-order valence-electron chi connectivity index (χ3n) is 4.95. The number of carbonyl (C=O) groups excluding carboxylic acids is 1. The molecule has 0 aliphatic carbocycles. The van der Waals surface area contributed by atoms with Crippen molar-refractivity contribution in [2.45, 2.75) is 32.2 Å². The molecular formula is C19H21ClN4O2. The van der Waals surface area contributed by atoms with Gasteiger partial charge in [-0.15, -0.1) is 0 Å². The number of ether oxygens (including phenoxy) is 1. The molecule has 6 nitrogen and oxygen atoms in total. The van der Waals surface area contributed by atoms with E-state index in [-0.39, 0.29) is 12.3 Å². The largest absolute Gasteiger partial charge is 0.497 e. The van der Waals surface area contributed by atoms with Crippen molar-refractivity contribution in [3.05, 3.63) is 40.5 Å². The van der Waals surface area contributed by atoms with Crippen molar-refractivity contribution in [3.8, 4) is 5.75 Å². The lowest BCUT2D eigenvalue weighted by molar-refractivity contribution is -0.117. The van der Waals surface area contributed by atoms with Crippen molar-refractivity contribution in [1.82, 2.24) is 9.97 Å². The van der Waals surface area contributed by atoms with E-state index in [4.69, 9.17) is 21.3 Å². The highest BCUT2D eigenvalue weighted by molar-refractivity contribution is 6.31. The lowest BCUT2D eigenvalue weighted by Crippen LogP contribution is -2.32. The molecule has 2 aromatic rings. The fraction of sp³-hybridized carbons (Fsp3) is 0.421. The van der Waals surface area contributed by atoms with E-state index in [1.54, 1.807) is 12.0 Å². The molecule has 26 heavy (non-hydrogen) atoms.